The second-order valence-electron chi connectivity index (χ2n) is 15.2. The predicted molar refractivity (Wildman–Crippen MR) is 221 cm³/mol. The molecule has 2 amide bonds. The first kappa shape index (κ1) is 44.9. The van der Waals surface area contributed by atoms with Gasteiger partial charge in [-0.25, -0.2) is 19.2 Å². The van der Waals surface area contributed by atoms with Gasteiger partial charge in [-0.2, -0.15) is 0 Å². The van der Waals surface area contributed by atoms with Crippen LogP contribution >= 0.6 is 0 Å². The Morgan fingerprint density at radius 2 is 1.29 bits per heavy atom. The summed E-state index contributed by atoms with van der Waals surface area (Å²) in [5.41, 5.74) is 1.13. The van der Waals surface area contributed by atoms with E-state index in [4.69, 9.17) is 28.4 Å². The van der Waals surface area contributed by atoms with E-state index >= 15 is 0 Å². The van der Waals surface area contributed by atoms with Gasteiger partial charge in [-0.3, -0.25) is 0 Å². The Hall–Kier alpha value is -6.76. The lowest BCUT2D eigenvalue weighted by Crippen LogP contribution is -2.52. The summed E-state index contributed by atoms with van der Waals surface area (Å²) in [5.74, 6) is 21.1. The molecule has 1 saturated carbocycles. The molecule has 0 aromatic heterocycles. The number of aryl methyl sites for hydroxylation is 1. The van der Waals surface area contributed by atoms with Gasteiger partial charge in [-0.1, -0.05) is 49.6 Å². The van der Waals surface area contributed by atoms with Gasteiger partial charge in [-0.15, -0.1) is 0 Å². The first-order valence-corrected chi connectivity index (χ1v) is 19.0. The lowest BCUT2D eigenvalue weighted by molar-refractivity contribution is -0.143. The largest absolute Gasteiger partial charge is 0.490 e. The van der Waals surface area contributed by atoms with Crippen molar-refractivity contribution in [2.45, 2.75) is 84.6 Å². The molecule has 5 unspecified atom stereocenters. The molecule has 1 saturated heterocycles. The monoisotopic (exact) mass is 802 g/mol. The third kappa shape index (κ3) is 14.3. The zero-order chi connectivity index (χ0) is 43.0. The fraction of sp³-hybridized carbons (Fsp3) is 0.404. The van der Waals surface area contributed by atoms with Gasteiger partial charge >= 0.3 is 24.1 Å². The zero-order valence-electron chi connectivity index (χ0n) is 34.5. The molecule has 59 heavy (non-hydrogen) atoms. The Morgan fingerprint density at radius 3 is 1.85 bits per heavy atom. The van der Waals surface area contributed by atoms with Crippen molar-refractivity contribution in [3.63, 3.8) is 0 Å². The number of nitrogens with one attached hydrogen (secondary N) is 1. The molecule has 5 atom stereocenters. The summed E-state index contributed by atoms with van der Waals surface area (Å²) in [6.45, 7) is 17.6. The molecular formula is C47H50N2O10. The highest BCUT2D eigenvalue weighted by atomic mass is 16.6. The average molecular weight is 803 g/mol. The second kappa shape index (κ2) is 21.1. The summed E-state index contributed by atoms with van der Waals surface area (Å²) in [5, 5.41) is 2.96. The van der Waals surface area contributed by atoms with Gasteiger partial charge in [0.05, 0.1) is 0 Å². The van der Waals surface area contributed by atoms with Gasteiger partial charge in [0, 0.05) is 34.8 Å². The third-order valence-corrected chi connectivity index (χ3v) is 9.40. The zero-order valence-corrected chi connectivity index (χ0v) is 34.5. The number of esters is 2. The van der Waals surface area contributed by atoms with Crippen LogP contribution in [0.15, 0.2) is 72.8 Å². The molecule has 0 spiro atoms. The number of fused-ring (bicyclic) bond motifs is 2. The van der Waals surface area contributed by atoms with Crippen LogP contribution in [0.2, 0.25) is 0 Å². The van der Waals surface area contributed by atoms with E-state index < -0.39 is 41.9 Å². The number of hydrogen-bond acceptors (Lipinski definition) is 10. The predicted octanol–water partition coefficient (Wildman–Crippen LogP) is 6.31. The van der Waals surface area contributed by atoms with Crippen molar-refractivity contribution in [1.82, 2.24) is 10.2 Å². The molecule has 1 N–H and O–H groups in total. The van der Waals surface area contributed by atoms with Crippen LogP contribution in [0.25, 0.3) is 0 Å². The van der Waals surface area contributed by atoms with E-state index in [-0.39, 0.29) is 49.0 Å². The number of amides is 2. The quantitative estimate of drug-likeness (QED) is 0.0945. The number of rotatable bonds is 15. The number of benzene rings is 2. The van der Waals surface area contributed by atoms with E-state index in [1.54, 1.807) is 48.2 Å². The number of alkyl carbamates (subject to hydrolysis) is 1. The fourth-order valence-corrected chi connectivity index (χ4v) is 6.86. The molecule has 2 aromatic carbocycles. The molecule has 2 bridgehead atoms. The van der Waals surface area contributed by atoms with Crippen molar-refractivity contribution >= 4 is 24.1 Å². The van der Waals surface area contributed by atoms with Crippen LogP contribution in [0.1, 0.15) is 65.0 Å². The second-order valence-corrected chi connectivity index (χ2v) is 15.2. The third-order valence-electron chi connectivity index (χ3n) is 9.40. The molecule has 2 aliphatic rings. The minimum atomic E-state index is -0.970. The van der Waals surface area contributed by atoms with Crippen molar-refractivity contribution in [1.29, 1.82) is 0 Å². The fourth-order valence-electron chi connectivity index (χ4n) is 6.86. The van der Waals surface area contributed by atoms with Gasteiger partial charge in [0.15, 0.2) is 12.2 Å². The molecule has 1 heterocycles. The molecule has 12 nitrogen and oxygen atoms in total. The Bertz CT molecular complexity index is 2150. The smallest absolute Gasteiger partial charge is 0.410 e. The van der Waals surface area contributed by atoms with Crippen molar-refractivity contribution in [3.05, 3.63) is 84.0 Å². The summed E-state index contributed by atoms with van der Waals surface area (Å²) in [7, 11) is 0. The molecule has 12 heteroatoms. The van der Waals surface area contributed by atoms with Crippen molar-refractivity contribution < 1.29 is 47.6 Å². The molecule has 1 aliphatic carbocycles. The number of carbonyl (C=O) groups excluding carboxylic acids is 4. The number of likely N-dealkylation sites (tertiary alicyclic amines) is 1. The summed E-state index contributed by atoms with van der Waals surface area (Å²) in [4.78, 5) is 53.3. The maximum absolute atomic E-state index is 13.8. The molecule has 2 aromatic rings. The van der Waals surface area contributed by atoms with Crippen LogP contribution in [0.3, 0.4) is 0 Å². The number of carbonyl (C=O) groups is 4. The van der Waals surface area contributed by atoms with E-state index in [1.807, 2.05) is 26.0 Å². The summed E-state index contributed by atoms with van der Waals surface area (Å²) >= 11 is 0. The summed E-state index contributed by atoms with van der Waals surface area (Å²) < 4.78 is 34.1. The topological polar surface area (TPSA) is 139 Å². The first-order chi connectivity index (χ1) is 28.1. The summed E-state index contributed by atoms with van der Waals surface area (Å²) in [6, 6.07) is 13.9. The molecule has 2 fully saturated rings. The van der Waals surface area contributed by atoms with Gasteiger partial charge in [-0.05, 0) is 131 Å². The minimum Gasteiger partial charge on any atom is -0.490 e. The van der Waals surface area contributed by atoms with Crippen molar-refractivity contribution in [3.8, 4) is 58.9 Å². The van der Waals surface area contributed by atoms with Crippen molar-refractivity contribution in [2.75, 3.05) is 33.0 Å². The molecular weight excluding hydrogens is 753 g/mol. The normalized spacial score (nSPS) is 19.4. The molecule has 4 rings (SSSR count). The number of ether oxygens (including phenoxy) is 6. The van der Waals surface area contributed by atoms with Crippen LogP contribution in [0.4, 0.5) is 9.59 Å². The van der Waals surface area contributed by atoms with Crippen LogP contribution in [0, 0.1) is 59.7 Å². The molecule has 0 radical (unpaired) electrons. The van der Waals surface area contributed by atoms with Gasteiger partial charge < -0.3 is 38.6 Å². The van der Waals surface area contributed by atoms with Crippen LogP contribution in [-0.2, 0) is 28.5 Å². The first-order valence-electron chi connectivity index (χ1n) is 19.0. The highest BCUT2D eigenvalue weighted by molar-refractivity contribution is 5.87. The van der Waals surface area contributed by atoms with Crippen LogP contribution in [-0.4, -0.2) is 85.8 Å². The summed E-state index contributed by atoms with van der Waals surface area (Å²) in [6.07, 6.45) is -1.55. The van der Waals surface area contributed by atoms with Crippen LogP contribution in [0.5, 0.6) is 11.5 Å². The highest BCUT2D eigenvalue weighted by Gasteiger charge is 2.56. The van der Waals surface area contributed by atoms with E-state index in [0.717, 1.165) is 5.56 Å². The number of hydrogen-bond donors (Lipinski definition) is 1. The van der Waals surface area contributed by atoms with Crippen LogP contribution < -0.4 is 14.8 Å². The maximum atomic E-state index is 13.8. The Kier molecular flexibility index (Phi) is 16.1. The minimum absolute atomic E-state index is 0.0507. The van der Waals surface area contributed by atoms with E-state index in [2.05, 4.69) is 72.8 Å². The maximum Gasteiger partial charge on any atom is 0.410 e. The standard InChI is InChI=1S/C47H50N2O10/c1-9-10-11-12-13-14-15-16-36-19-23-39(24-20-36)54-27-40(29-56-42(50)33(2)3)58-44(52)48-37-25-46(7)31-47(8,26-37)49(32-46)45(53)59-41(30-57-43(51)34(4)5)28-55-38-21-17-35(6)18-22-38/h17-24,37,40-41H,2,4,25-32H2,1,3,5-8H3,(H,48,52). The van der Waals surface area contributed by atoms with E-state index in [1.165, 1.54) is 13.8 Å². The SMILES string of the molecule is C=C(C)C(=O)OCC(COc1ccc(C#CC#CC#CC#CC)cc1)OC(=O)NC1CC2(C)CN(C(=O)OC(COC(=O)C(=C)C)COc3ccc(C)cc3)C(C)(C1)C2. The lowest BCUT2D eigenvalue weighted by Gasteiger charge is -2.41. The lowest BCUT2D eigenvalue weighted by atomic mass is 9.70. The van der Waals surface area contributed by atoms with E-state index in [9.17, 15) is 19.2 Å². The Morgan fingerprint density at radius 1 is 0.763 bits per heavy atom. The molecule has 1 aliphatic heterocycles. The van der Waals surface area contributed by atoms with Gasteiger partial charge in [0.2, 0.25) is 0 Å². The van der Waals surface area contributed by atoms with Gasteiger partial charge in [0.1, 0.15) is 37.9 Å². The highest BCUT2D eigenvalue weighted by Crippen LogP contribution is 2.51. The number of nitrogens with zero attached hydrogens (tertiary/aromatic N) is 1. The van der Waals surface area contributed by atoms with E-state index in [0.29, 0.717) is 42.9 Å². The Balaban J connectivity index is 1.37. The average Bonchev–Trinajstić information content (AvgIpc) is 3.39. The van der Waals surface area contributed by atoms with Gasteiger partial charge in [0.25, 0.3) is 0 Å². The Labute approximate surface area is 347 Å². The van der Waals surface area contributed by atoms with Crippen molar-refractivity contribution in [2.24, 2.45) is 5.41 Å². The molecule has 308 valence electrons.